The number of benzene rings is 1. The Bertz CT molecular complexity index is 379. The maximum Gasteiger partial charge on any atom is 0.123 e. The van der Waals surface area contributed by atoms with Crippen molar-refractivity contribution in [2.75, 3.05) is 7.11 Å². The molecule has 0 bridgehead atoms. The highest BCUT2D eigenvalue weighted by Crippen LogP contribution is 2.32. The van der Waals surface area contributed by atoms with Crippen LogP contribution in [0.5, 0.6) is 5.75 Å². The van der Waals surface area contributed by atoms with Crippen LogP contribution in [0.2, 0.25) is 0 Å². The van der Waals surface area contributed by atoms with Crippen LogP contribution in [0.3, 0.4) is 0 Å². The molecule has 0 aliphatic carbocycles. The number of ether oxygens (including phenoxy) is 1. The van der Waals surface area contributed by atoms with E-state index in [4.69, 9.17) is 10.5 Å². The lowest BCUT2D eigenvalue weighted by atomic mass is 9.85. The number of unbranched alkanes of at least 4 members (excludes halogenated alkanes) is 1. The first kappa shape index (κ1) is 15.0. The van der Waals surface area contributed by atoms with Gasteiger partial charge in [-0.1, -0.05) is 52.7 Å². The van der Waals surface area contributed by atoms with Crippen LogP contribution >= 0.6 is 0 Å². The second-order valence-corrected chi connectivity index (χ2v) is 5.96. The van der Waals surface area contributed by atoms with Crippen LogP contribution in [0.15, 0.2) is 18.2 Å². The normalized spacial score (nSPS) is 13.4. The number of methoxy groups -OCH3 is 1. The van der Waals surface area contributed by atoms with Gasteiger partial charge in [-0.3, -0.25) is 0 Å². The van der Waals surface area contributed by atoms with Gasteiger partial charge in [0.25, 0.3) is 0 Å². The molecule has 0 saturated heterocycles. The van der Waals surface area contributed by atoms with E-state index in [1.807, 2.05) is 6.07 Å². The molecule has 2 heteroatoms. The van der Waals surface area contributed by atoms with Gasteiger partial charge in [0, 0.05) is 11.6 Å². The largest absolute Gasteiger partial charge is 0.496 e. The first-order valence-electron chi connectivity index (χ1n) is 6.84. The first-order valence-corrected chi connectivity index (χ1v) is 6.84. The van der Waals surface area contributed by atoms with Crippen molar-refractivity contribution in [3.8, 4) is 5.75 Å². The van der Waals surface area contributed by atoms with E-state index in [-0.39, 0.29) is 11.5 Å². The molecule has 0 amide bonds. The van der Waals surface area contributed by atoms with E-state index in [0.29, 0.717) is 0 Å². The summed E-state index contributed by atoms with van der Waals surface area (Å²) in [6, 6.07) is 6.46. The maximum absolute atomic E-state index is 6.29. The van der Waals surface area contributed by atoms with Crippen LogP contribution in [0.4, 0.5) is 0 Å². The number of nitrogens with two attached hydrogens (primary N) is 1. The molecule has 1 atom stereocenters. The van der Waals surface area contributed by atoms with Crippen LogP contribution in [-0.2, 0) is 5.41 Å². The first-order chi connectivity index (χ1) is 8.40. The van der Waals surface area contributed by atoms with Crippen molar-refractivity contribution in [3.05, 3.63) is 29.3 Å². The summed E-state index contributed by atoms with van der Waals surface area (Å²) in [6.07, 6.45) is 3.35. The van der Waals surface area contributed by atoms with Gasteiger partial charge in [-0.15, -0.1) is 0 Å². The molecule has 0 aliphatic rings. The second kappa shape index (κ2) is 6.24. The molecule has 2 nitrogen and oxygen atoms in total. The number of rotatable bonds is 5. The summed E-state index contributed by atoms with van der Waals surface area (Å²) in [6.45, 7) is 8.85. The zero-order chi connectivity index (χ0) is 13.8. The lowest BCUT2D eigenvalue weighted by Gasteiger charge is -2.23. The molecule has 0 spiro atoms. The standard InChI is InChI=1S/C16H27NO/c1-6-7-8-14(17)13-11-12(16(2,3)4)9-10-15(13)18-5/h9-11,14H,6-8,17H2,1-5H3. The Hall–Kier alpha value is -1.02. The minimum atomic E-state index is 0.0715. The van der Waals surface area contributed by atoms with Crippen LogP contribution in [-0.4, -0.2) is 7.11 Å². The predicted molar refractivity (Wildman–Crippen MR) is 78.1 cm³/mol. The molecule has 1 aromatic rings. The smallest absolute Gasteiger partial charge is 0.123 e. The molecule has 1 rings (SSSR count). The second-order valence-electron chi connectivity index (χ2n) is 5.96. The summed E-state index contributed by atoms with van der Waals surface area (Å²) in [5.74, 6) is 0.909. The highest BCUT2D eigenvalue weighted by Gasteiger charge is 2.18. The van der Waals surface area contributed by atoms with Crippen LogP contribution in [0.1, 0.15) is 64.1 Å². The van der Waals surface area contributed by atoms with Crippen molar-refractivity contribution in [1.82, 2.24) is 0 Å². The molecule has 0 radical (unpaired) electrons. The highest BCUT2D eigenvalue weighted by atomic mass is 16.5. The van der Waals surface area contributed by atoms with Crippen LogP contribution < -0.4 is 10.5 Å². The molecular weight excluding hydrogens is 222 g/mol. The Morgan fingerprint density at radius 2 is 1.94 bits per heavy atom. The van der Waals surface area contributed by atoms with Gasteiger partial charge < -0.3 is 10.5 Å². The fourth-order valence-corrected chi connectivity index (χ4v) is 2.07. The molecule has 102 valence electrons. The molecule has 0 fully saturated rings. The van der Waals surface area contributed by atoms with Gasteiger partial charge >= 0.3 is 0 Å². The van der Waals surface area contributed by atoms with Crippen molar-refractivity contribution in [2.45, 2.75) is 58.4 Å². The summed E-state index contributed by atoms with van der Waals surface area (Å²) < 4.78 is 5.43. The quantitative estimate of drug-likeness (QED) is 0.849. The fourth-order valence-electron chi connectivity index (χ4n) is 2.07. The van der Waals surface area contributed by atoms with Gasteiger partial charge in [0.15, 0.2) is 0 Å². The average Bonchev–Trinajstić information content (AvgIpc) is 2.34. The Morgan fingerprint density at radius 1 is 1.28 bits per heavy atom. The van der Waals surface area contributed by atoms with E-state index < -0.39 is 0 Å². The topological polar surface area (TPSA) is 35.2 Å². The lowest BCUT2D eigenvalue weighted by molar-refractivity contribution is 0.402. The van der Waals surface area contributed by atoms with Gasteiger partial charge in [-0.25, -0.2) is 0 Å². The van der Waals surface area contributed by atoms with E-state index in [1.54, 1.807) is 7.11 Å². The Balaban J connectivity index is 3.06. The van der Waals surface area contributed by atoms with E-state index >= 15 is 0 Å². The molecule has 0 saturated carbocycles. The number of hydrogen-bond acceptors (Lipinski definition) is 2. The van der Waals surface area contributed by atoms with Crippen molar-refractivity contribution in [3.63, 3.8) is 0 Å². The third-order valence-electron chi connectivity index (χ3n) is 3.36. The Kier molecular flexibility index (Phi) is 5.21. The molecular formula is C16H27NO. The predicted octanol–water partition coefficient (Wildman–Crippen LogP) is 4.18. The zero-order valence-electron chi connectivity index (χ0n) is 12.4. The van der Waals surface area contributed by atoms with Crippen molar-refractivity contribution in [1.29, 1.82) is 0 Å². The van der Waals surface area contributed by atoms with E-state index in [9.17, 15) is 0 Å². The van der Waals surface area contributed by atoms with Crippen molar-refractivity contribution < 1.29 is 4.74 Å². The fraction of sp³-hybridized carbons (Fsp3) is 0.625. The maximum atomic E-state index is 6.29. The molecule has 18 heavy (non-hydrogen) atoms. The summed E-state index contributed by atoms with van der Waals surface area (Å²) in [7, 11) is 1.71. The SMILES string of the molecule is CCCCC(N)c1cc(C(C)(C)C)ccc1OC. The average molecular weight is 249 g/mol. The van der Waals surface area contributed by atoms with Crippen LogP contribution in [0, 0.1) is 0 Å². The Morgan fingerprint density at radius 3 is 2.44 bits per heavy atom. The molecule has 0 heterocycles. The van der Waals surface area contributed by atoms with Crippen LogP contribution in [0.25, 0.3) is 0 Å². The lowest BCUT2D eigenvalue weighted by Crippen LogP contribution is -2.15. The van der Waals surface area contributed by atoms with Gasteiger partial charge in [0.05, 0.1) is 7.11 Å². The van der Waals surface area contributed by atoms with Crippen molar-refractivity contribution >= 4 is 0 Å². The van der Waals surface area contributed by atoms with Gasteiger partial charge in [-0.05, 0) is 23.5 Å². The monoisotopic (exact) mass is 249 g/mol. The zero-order valence-corrected chi connectivity index (χ0v) is 12.4. The summed E-state index contributed by atoms with van der Waals surface area (Å²) in [4.78, 5) is 0. The van der Waals surface area contributed by atoms with Gasteiger partial charge in [0.2, 0.25) is 0 Å². The molecule has 0 aromatic heterocycles. The van der Waals surface area contributed by atoms with Gasteiger partial charge in [0.1, 0.15) is 5.75 Å². The number of hydrogen-bond donors (Lipinski definition) is 1. The molecule has 2 N–H and O–H groups in total. The summed E-state index contributed by atoms with van der Waals surface area (Å²) in [5, 5.41) is 0. The minimum Gasteiger partial charge on any atom is -0.496 e. The molecule has 1 aromatic carbocycles. The molecule has 1 unspecified atom stereocenters. The van der Waals surface area contributed by atoms with E-state index in [0.717, 1.165) is 24.2 Å². The van der Waals surface area contributed by atoms with E-state index in [1.165, 1.54) is 12.0 Å². The van der Waals surface area contributed by atoms with Crippen molar-refractivity contribution in [2.24, 2.45) is 5.73 Å². The highest BCUT2D eigenvalue weighted by molar-refractivity contribution is 5.41. The minimum absolute atomic E-state index is 0.0715. The van der Waals surface area contributed by atoms with E-state index in [2.05, 4.69) is 39.8 Å². The van der Waals surface area contributed by atoms with Gasteiger partial charge in [-0.2, -0.15) is 0 Å². The summed E-state index contributed by atoms with van der Waals surface area (Å²) in [5.41, 5.74) is 8.88. The third-order valence-corrected chi connectivity index (χ3v) is 3.36. The summed E-state index contributed by atoms with van der Waals surface area (Å²) >= 11 is 0. The molecule has 0 aliphatic heterocycles. The Labute approximate surface area is 112 Å². The third kappa shape index (κ3) is 3.74.